The Morgan fingerprint density at radius 3 is 2.44 bits per heavy atom. The van der Waals surface area contributed by atoms with Crippen molar-refractivity contribution in [3.05, 3.63) is 64.5 Å². The Balaban J connectivity index is 1.55. The smallest absolute Gasteiger partial charge is 0.210 e. The normalized spacial score (nSPS) is 10.8. The Kier molecular flexibility index (Phi) is 4.29. The fraction of sp³-hybridized carbons (Fsp3) is 0.105. The highest BCUT2D eigenvalue weighted by molar-refractivity contribution is 7.15. The summed E-state index contributed by atoms with van der Waals surface area (Å²) in [5, 5.41) is 16.3. The monoisotopic (exact) mass is 364 g/mol. The van der Waals surface area contributed by atoms with E-state index in [0.717, 1.165) is 32.1 Å². The van der Waals surface area contributed by atoms with Crippen molar-refractivity contribution in [3.63, 3.8) is 0 Å². The lowest BCUT2D eigenvalue weighted by Gasteiger charge is -2.03. The molecule has 0 aliphatic heterocycles. The fourth-order valence-electron chi connectivity index (χ4n) is 2.54. The second-order valence-electron chi connectivity index (χ2n) is 5.68. The molecule has 0 unspecified atom stereocenters. The van der Waals surface area contributed by atoms with Gasteiger partial charge in [-0.2, -0.15) is 0 Å². The van der Waals surface area contributed by atoms with Gasteiger partial charge in [-0.25, -0.2) is 4.98 Å². The van der Waals surface area contributed by atoms with Crippen molar-refractivity contribution in [2.75, 3.05) is 5.32 Å². The van der Waals surface area contributed by atoms with Crippen LogP contribution in [0.15, 0.2) is 53.9 Å². The number of benzene rings is 2. The molecule has 2 heterocycles. The summed E-state index contributed by atoms with van der Waals surface area (Å²) < 4.78 is 0. The largest absolute Gasteiger partial charge is 0.330 e. The van der Waals surface area contributed by atoms with Crippen molar-refractivity contribution in [2.24, 2.45) is 0 Å². The predicted molar refractivity (Wildman–Crippen MR) is 106 cm³/mol. The molecule has 4 nitrogen and oxygen atoms in total. The van der Waals surface area contributed by atoms with E-state index in [1.807, 2.05) is 19.1 Å². The highest BCUT2D eigenvalue weighted by Crippen LogP contribution is 2.31. The van der Waals surface area contributed by atoms with Crippen molar-refractivity contribution in [1.29, 1.82) is 0 Å². The number of nitrogens with one attached hydrogen (secondary N) is 1. The van der Waals surface area contributed by atoms with E-state index in [1.54, 1.807) is 22.7 Å². The molecule has 0 fully saturated rings. The van der Waals surface area contributed by atoms with Crippen molar-refractivity contribution in [3.8, 4) is 21.8 Å². The van der Waals surface area contributed by atoms with Gasteiger partial charge in [0.25, 0.3) is 0 Å². The molecule has 0 saturated carbocycles. The minimum atomic E-state index is 0.806. The van der Waals surface area contributed by atoms with E-state index >= 15 is 0 Å². The molecule has 25 heavy (non-hydrogen) atoms. The summed E-state index contributed by atoms with van der Waals surface area (Å²) in [6.45, 7) is 4.06. The van der Waals surface area contributed by atoms with Gasteiger partial charge in [0.2, 0.25) is 5.13 Å². The van der Waals surface area contributed by atoms with E-state index in [4.69, 9.17) is 4.98 Å². The molecule has 124 valence electrons. The molecule has 0 bridgehead atoms. The van der Waals surface area contributed by atoms with Crippen LogP contribution in [0.1, 0.15) is 10.6 Å². The number of rotatable bonds is 4. The van der Waals surface area contributed by atoms with E-state index in [9.17, 15) is 0 Å². The molecular weight excluding hydrogens is 348 g/mol. The maximum Gasteiger partial charge on any atom is 0.210 e. The maximum absolute atomic E-state index is 4.81. The summed E-state index contributed by atoms with van der Waals surface area (Å²) >= 11 is 3.22. The zero-order valence-corrected chi connectivity index (χ0v) is 15.5. The van der Waals surface area contributed by atoms with Crippen LogP contribution in [0.5, 0.6) is 0 Å². The summed E-state index contributed by atoms with van der Waals surface area (Å²) in [7, 11) is 0. The van der Waals surface area contributed by atoms with Gasteiger partial charge in [0.15, 0.2) is 0 Å². The van der Waals surface area contributed by atoms with Crippen LogP contribution in [-0.4, -0.2) is 15.2 Å². The summed E-state index contributed by atoms with van der Waals surface area (Å²) in [4.78, 5) is 4.81. The van der Waals surface area contributed by atoms with Gasteiger partial charge in [-0.3, -0.25) is 0 Å². The van der Waals surface area contributed by atoms with Gasteiger partial charge in [-0.1, -0.05) is 47.7 Å². The lowest BCUT2D eigenvalue weighted by Crippen LogP contribution is -1.89. The zero-order chi connectivity index (χ0) is 17.2. The van der Waals surface area contributed by atoms with Gasteiger partial charge >= 0.3 is 0 Å². The number of anilines is 2. The summed E-state index contributed by atoms with van der Waals surface area (Å²) in [5.74, 6) is 0. The second-order valence-corrected chi connectivity index (χ2v) is 7.72. The molecule has 2 aromatic heterocycles. The summed E-state index contributed by atoms with van der Waals surface area (Å²) in [6.07, 6.45) is 0. The quantitative estimate of drug-likeness (QED) is 0.505. The number of hydrogen-bond donors (Lipinski definition) is 1. The van der Waals surface area contributed by atoms with Crippen molar-refractivity contribution in [1.82, 2.24) is 15.2 Å². The van der Waals surface area contributed by atoms with Crippen LogP contribution in [0.25, 0.3) is 21.8 Å². The molecule has 0 aliphatic rings. The van der Waals surface area contributed by atoms with Crippen molar-refractivity contribution < 1.29 is 0 Å². The summed E-state index contributed by atoms with van der Waals surface area (Å²) in [6, 6.07) is 16.6. The average Bonchev–Trinajstić information content (AvgIpc) is 3.25. The van der Waals surface area contributed by atoms with Crippen LogP contribution in [0.4, 0.5) is 10.8 Å². The van der Waals surface area contributed by atoms with Gasteiger partial charge < -0.3 is 5.32 Å². The van der Waals surface area contributed by atoms with Crippen LogP contribution in [0, 0.1) is 13.8 Å². The average molecular weight is 364 g/mol. The molecule has 0 amide bonds. The lowest BCUT2D eigenvalue weighted by molar-refractivity contribution is 1.05. The molecule has 0 saturated heterocycles. The predicted octanol–water partition coefficient (Wildman–Crippen LogP) is 5.69. The van der Waals surface area contributed by atoms with E-state index in [0.29, 0.717) is 0 Å². The second kappa shape index (κ2) is 6.74. The molecule has 6 heteroatoms. The van der Waals surface area contributed by atoms with Crippen LogP contribution >= 0.6 is 22.7 Å². The van der Waals surface area contributed by atoms with E-state index in [2.05, 4.69) is 64.2 Å². The van der Waals surface area contributed by atoms with Gasteiger partial charge in [-0.15, -0.1) is 21.5 Å². The van der Waals surface area contributed by atoms with Crippen molar-refractivity contribution >= 4 is 33.5 Å². The van der Waals surface area contributed by atoms with E-state index in [-0.39, 0.29) is 0 Å². The van der Waals surface area contributed by atoms with Crippen LogP contribution in [0.3, 0.4) is 0 Å². The standard InChI is InChI=1S/C19H16N4S2/c1-12-5-3-4-6-16(12)18-21-17(11-24-18)14-7-9-15(10-8-14)20-19-23-22-13(2)25-19/h3-11H,1-2H3,(H,20,23). The first-order valence-electron chi connectivity index (χ1n) is 7.88. The Hall–Kier alpha value is -2.57. The van der Waals surface area contributed by atoms with Crippen LogP contribution < -0.4 is 5.32 Å². The minimum absolute atomic E-state index is 0.806. The zero-order valence-electron chi connectivity index (χ0n) is 13.9. The Morgan fingerprint density at radius 2 is 1.72 bits per heavy atom. The SMILES string of the molecule is Cc1nnc(Nc2ccc(-c3csc(-c4ccccc4C)n3)cc2)s1. The molecular formula is C19H16N4S2. The highest BCUT2D eigenvalue weighted by Gasteiger charge is 2.09. The van der Waals surface area contributed by atoms with Gasteiger partial charge in [0.05, 0.1) is 5.69 Å². The van der Waals surface area contributed by atoms with Gasteiger partial charge in [0, 0.05) is 22.2 Å². The van der Waals surface area contributed by atoms with Gasteiger partial charge in [0.1, 0.15) is 10.0 Å². The number of nitrogens with zero attached hydrogens (tertiary/aromatic N) is 3. The topological polar surface area (TPSA) is 50.7 Å². The third-order valence-corrected chi connectivity index (χ3v) is 5.47. The molecule has 0 aliphatic carbocycles. The molecule has 0 spiro atoms. The minimum Gasteiger partial charge on any atom is -0.330 e. The molecule has 4 rings (SSSR count). The maximum atomic E-state index is 4.81. The third kappa shape index (κ3) is 3.45. The molecule has 0 atom stereocenters. The molecule has 2 aromatic carbocycles. The highest BCUT2D eigenvalue weighted by atomic mass is 32.1. The van der Waals surface area contributed by atoms with E-state index in [1.165, 1.54) is 11.1 Å². The third-order valence-electron chi connectivity index (χ3n) is 3.84. The van der Waals surface area contributed by atoms with Crippen LogP contribution in [0.2, 0.25) is 0 Å². The first-order valence-corrected chi connectivity index (χ1v) is 9.58. The number of aromatic nitrogens is 3. The first kappa shape index (κ1) is 15.9. The fourth-order valence-corrected chi connectivity index (χ4v) is 4.07. The Labute approximate surface area is 154 Å². The molecule has 0 radical (unpaired) electrons. The molecule has 1 N–H and O–H groups in total. The molecule has 4 aromatic rings. The van der Waals surface area contributed by atoms with Gasteiger partial charge in [-0.05, 0) is 31.5 Å². The Morgan fingerprint density at radius 1 is 0.920 bits per heavy atom. The van der Waals surface area contributed by atoms with Crippen LogP contribution in [-0.2, 0) is 0 Å². The lowest BCUT2D eigenvalue weighted by atomic mass is 10.1. The Bertz CT molecular complexity index is 1000. The van der Waals surface area contributed by atoms with E-state index < -0.39 is 0 Å². The number of hydrogen-bond acceptors (Lipinski definition) is 6. The number of thiazole rings is 1. The number of aryl methyl sites for hydroxylation is 2. The first-order chi connectivity index (χ1) is 12.2. The summed E-state index contributed by atoms with van der Waals surface area (Å²) in [5.41, 5.74) is 5.55. The van der Waals surface area contributed by atoms with Crippen molar-refractivity contribution in [2.45, 2.75) is 13.8 Å².